The lowest BCUT2D eigenvalue weighted by Gasteiger charge is -2.24. The van der Waals surface area contributed by atoms with Gasteiger partial charge in [0.15, 0.2) is 0 Å². The molecule has 1 unspecified atom stereocenters. The van der Waals surface area contributed by atoms with Crippen molar-refractivity contribution in [1.82, 2.24) is 10.3 Å². The quantitative estimate of drug-likeness (QED) is 0.848. The largest absolute Gasteiger partial charge is 0.349 e. The van der Waals surface area contributed by atoms with Gasteiger partial charge >= 0.3 is 0 Å². The second-order valence-corrected chi connectivity index (χ2v) is 5.51. The fraction of sp³-hybridized carbons (Fsp3) is 0.562. The smallest absolute Gasteiger partial charge is 0.223 e. The van der Waals surface area contributed by atoms with E-state index < -0.39 is 5.82 Å². The van der Waals surface area contributed by atoms with Crippen molar-refractivity contribution in [2.75, 3.05) is 7.05 Å². The number of rotatable bonds is 5. The summed E-state index contributed by atoms with van der Waals surface area (Å²) in [4.78, 5) is 20.2. The predicted molar refractivity (Wildman–Crippen MR) is 80.7 cm³/mol. The highest BCUT2D eigenvalue weighted by atomic mass is 19.1. The molecule has 1 aliphatic carbocycles. The van der Waals surface area contributed by atoms with Gasteiger partial charge in [0.05, 0.1) is 12.2 Å². The van der Waals surface area contributed by atoms with Crippen molar-refractivity contribution in [2.45, 2.75) is 44.6 Å². The van der Waals surface area contributed by atoms with E-state index in [1.165, 1.54) is 12.5 Å². The molecule has 21 heavy (non-hydrogen) atoms. The Kier molecular flexibility index (Phi) is 5.84. The molecule has 0 spiro atoms. The van der Waals surface area contributed by atoms with E-state index in [1.807, 2.05) is 0 Å². The topological polar surface area (TPSA) is 54.4 Å². The Labute approximate surface area is 124 Å². The molecule has 0 radical (unpaired) electrons. The zero-order valence-corrected chi connectivity index (χ0v) is 12.4. The molecule has 1 N–H and O–H groups in total. The number of hydrogen-bond donors (Lipinski definition) is 1. The van der Waals surface area contributed by atoms with Gasteiger partial charge in [0.1, 0.15) is 5.82 Å². The van der Waals surface area contributed by atoms with Crippen LogP contribution in [0.15, 0.2) is 23.5 Å². The normalized spacial score (nSPS) is 17.8. The zero-order chi connectivity index (χ0) is 15.1. The van der Waals surface area contributed by atoms with Crippen molar-refractivity contribution in [1.29, 1.82) is 0 Å². The maximum Gasteiger partial charge on any atom is 0.223 e. The number of pyridine rings is 1. The van der Waals surface area contributed by atoms with E-state index in [1.54, 1.807) is 19.5 Å². The Bertz CT molecular complexity index is 498. The Morgan fingerprint density at radius 2 is 2.24 bits per heavy atom. The van der Waals surface area contributed by atoms with Gasteiger partial charge in [0.2, 0.25) is 5.91 Å². The van der Waals surface area contributed by atoms with E-state index in [0.29, 0.717) is 12.0 Å². The van der Waals surface area contributed by atoms with Crippen molar-refractivity contribution in [3.63, 3.8) is 0 Å². The highest BCUT2D eigenvalue weighted by molar-refractivity contribution is 5.79. The average Bonchev–Trinajstić information content (AvgIpc) is 2.52. The maximum absolute atomic E-state index is 13.3. The molecule has 1 heterocycles. The molecule has 114 valence electrons. The first kappa shape index (κ1) is 15.6. The third-order valence-corrected chi connectivity index (χ3v) is 3.94. The standard InChI is InChI=1S/C16H22FN3O/c1-18-8-7-15(13-9-14(17)11-19-10-13)20-16(21)12-5-3-2-4-6-12/h8-12,15H,2-7H2,1H3,(H,20,21). The molecular weight excluding hydrogens is 269 g/mol. The molecular formula is C16H22FN3O. The lowest BCUT2D eigenvalue weighted by atomic mass is 9.88. The van der Waals surface area contributed by atoms with Crippen molar-refractivity contribution in [2.24, 2.45) is 10.9 Å². The number of nitrogens with one attached hydrogen (secondary N) is 1. The summed E-state index contributed by atoms with van der Waals surface area (Å²) in [7, 11) is 1.68. The molecule has 1 atom stereocenters. The molecule has 4 nitrogen and oxygen atoms in total. The van der Waals surface area contributed by atoms with E-state index in [2.05, 4.69) is 15.3 Å². The Hall–Kier alpha value is -1.78. The van der Waals surface area contributed by atoms with Gasteiger partial charge in [-0.25, -0.2) is 4.39 Å². The Balaban J connectivity index is 2.06. The first-order valence-corrected chi connectivity index (χ1v) is 7.52. The highest BCUT2D eigenvalue weighted by Gasteiger charge is 2.24. The number of hydrogen-bond acceptors (Lipinski definition) is 3. The van der Waals surface area contributed by atoms with Crippen LogP contribution in [0.25, 0.3) is 0 Å². The first-order chi connectivity index (χ1) is 10.2. The Morgan fingerprint density at radius 3 is 2.90 bits per heavy atom. The first-order valence-electron chi connectivity index (χ1n) is 7.52. The molecule has 1 fully saturated rings. The van der Waals surface area contributed by atoms with Gasteiger partial charge < -0.3 is 10.3 Å². The van der Waals surface area contributed by atoms with Gasteiger partial charge in [0.25, 0.3) is 0 Å². The summed E-state index contributed by atoms with van der Waals surface area (Å²) in [6.07, 6.45) is 10.4. The van der Waals surface area contributed by atoms with Crippen LogP contribution in [0.4, 0.5) is 4.39 Å². The van der Waals surface area contributed by atoms with Crippen LogP contribution in [-0.2, 0) is 4.79 Å². The Morgan fingerprint density at radius 1 is 1.48 bits per heavy atom. The van der Waals surface area contributed by atoms with Gasteiger partial charge in [0, 0.05) is 31.8 Å². The second kappa shape index (κ2) is 7.86. The van der Waals surface area contributed by atoms with E-state index in [9.17, 15) is 9.18 Å². The second-order valence-electron chi connectivity index (χ2n) is 5.51. The minimum Gasteiger partial charge on any atom is -0.349 e. The van der Waals surface area contributed by atoms with Gasteiger partial charge in [-0.1, -0.05) is 19.3 Å². The van der Waals surface area contributed by atoms with Crippen LogP contribution < -0.4 is 5.32 Å². The van der Waals surface area contributed by atoms with E-state index >= 15 is 0 Å². The van der Waals surface area contributed by atoms with Crippen LogP contribution in [-0.4, -0.2) is 24.2 Å². The molecule has 1 amide bonds. The number of carbonyl (C=O) groups is 1. The lowest BCUT2D eigenvalue weighted by molar-refractivity contribution is -0.126. The highest BCUT2D eigenvalue weighted by Crippen LogP contribution is 2.25. The van der Waals surface area contributed by atoms with Gasteiger partial charge in [-0.3, -0.25) is 9.78 Å². The monoisotopic (exact) mass is 291 g/mol. The summed E-state index contributed by atoms with van der Waals surface area (Å²) in [6.45, 7) is 0. The molecule has 1 aliphatic rings. The van der Waals surface area contributed by atoms with Gasteiger partial charge in [-0.05, 0) is 24.5 Å². The third-order valence-electron chi connectivity index (χ3n) is 3.94. The molecule has 1 aromatic rings. The molecule has 0 saturated heterocycles. The molecule has 0 bridgehead atoms. The summed E-state index contributed by atoms with van der Waals surface area (Å²) >= 11 is 0. The minimum absolute atomic E-state index is 0.0634. The third kappa shape index (κ3) is 4.62. The molecule has 1 aromatic heterocycles. The van der Waals surface area contributed by atoms with Gasteiger partial charge in [-0.2, -0.15) is 0 Å². The molecule has 2 rings (SSSR count). The number of carbonyl (C=O) groups excluding carboxylic acids is 1. The fourth-order valence-electron chi connectivity index (χ4n) is 2.76. The fourth-order valence-corrected chi connectivity index (χ4v) is 2.76. The van der Waals surface area contributed by atoms with Crippen LogP contribution in [0.2, 0.25) is 0 Å². The van der Waals surface area contributed by atoms with Crippen LogP contribution in [0, 0.1) is 11.7 Å². The zero-order valence-electron chi connectivity index (χ0n) is 12.4. The number of aliphatic imine (C=N–C) groups is 1. The van der Waals surface area contributed by atoms with Crippen LogP contribution in [0.3, 0.4) is 0 Å². The molecule has 0 aliphatic heterocycles. The van der Waals surface area contributed by atoms with Crippen molar-refractivity contribution < 1.29 is 9.18 Å². The lowest BCUT2D eigenvalue weighted by Crippen LogP contribution is -2.35. The summed E-state index contributed by atoms with van der Waals surface area (Å²) in [5, 5.41) is 3.03. The van der Waals surface area contributed by atoms with E-state index in [-0.39, 0.29) is 17.9 Å². The molecule has 1 saturated carbocycles. The van der Waals surface area contributed by atoms with Crippen molar-refractivity contribution in [3.8, 4) is 0 Å². The number of halogens is 1. The summed E-state index contributed by atoms with van der Waals surface area (Å²) in [5.74, 6) is -0.243. The van der Waals surface area contributed by atoms with Crippen LogP contribution in [0.5, 0.6) is 0 Å². The molecule has 5 heteroatoms. The average molecular weight is 291 g/mol. The SMILES string of the molecule is CN=CCC(NC(=O)C1CCCCC1)c1cncc(F)c1. The van der Waals surface area contributed by atoms with E-state index in [0.717, 1.165) is 31.9 Å². The number of aromatic nitrogens is 1. The maximum atomic E-state index is 13.3. The summed E-state index contributed by atoms with van der Waals surface area (Å²) in [6, 6.07) is 1.15. The predicted octanol–water partition coefficient (Wildman–Crippen LogP) is 3.05. The van der Waals surface area contributed by atoms with Crippen molar-refractivity contribution in [3.05, 3.63) is 29.8 Å². The van der Waals surface area contributed by atoms with E-state index in [4.69, 9.17) is 0 Å². The summed E-state index contributed by atoms with van der Waals surface area (Å²) in [5.41, 5.74) is 0.680. The number of amides is 1. The van der Waals surface area contributed by atoms with Crippen LogP contribution in [0.1, 0.15) is 50.1 Å². The number of nitrogens with zero attached hydrogens (tertiary/aromatic N) is 2. The van der Waals surface area contributed by atoms with Gasteiger partial charge in [-0.15, -0.1) is 0 Å². The minimum atomic E-state index is -0.391. The summed E-state index contributed by atoms with van der Waals surface area (Å²) < 4.78 is 13.3. The van der Waals surface area contributed by atoms with Crippen molar-refractivity contribution >= 4 is 12.1 Å². The molecule has 0 aromatic carbocycles. The van der Waals surface area contributed by atoms with Crippen LogP contribution >= 0.6 is 0 Å².